The smallest absolute Gasteiger partial charge is 0.237 e. The molecular weight excluding hydrogens is 382 g/mol. The van der Waals surface area contributed by atoms with E-state index in [-0.39, 0.29) is 5.91 Å². The fourth-order valence-electron chi connectivity index (χ4n) is 3.50. The largest absolute Gasteiger partial charge is 0.360 e. The molecule has 0 aliphatic heterocycles. The SMILES string of the molecule is CN(C(=O)CSc1nnc(-c2c[nH]c3ccccc23)n1C1CC1)c1ccccc1. The van der Waals surface area contributed by atoms with Gasteiger partial charge in [0.25, 0.3) is 0 Å². The second-order valence-corrected chi connectivity index (χ2v) is 8.17. The summed E-state index contributed by atoms with van der Waals surface area (Å²) in [4.78, 5) is 17.7. The Labute approximate surface area is 172 Å². The number of anilines is 1. The van der Waals surface area contributed by atoms with E-state index in [9.17, 15) is 4.79 Å². The number of fused-ring (bicyclic) bond motifs is 1. The first-order valence-electron chi connectivity index (χ1n) is 9.68. The Morgan fingerprint density at radius 3 is 2.69 bits per heavy atom. The minimum Gasteiger partial charge on any atom is -0.360 e. The van der Waals surface area contributed by atoms with Crippen molar-refractivity contribution in [2.45, 2.75) is 24.0 Å². The average Bonchev–Trinajstić information content (AvgIpc) is 3.38. The number of H-pyrrole nitrogens is 1. The summed E-state index contributed by atoms with van der Waals surface area (Å²) in [5.41, 5.74) is 3.03. The number of amides is 1. The maximum Gasteiger partial charge on any atom is 0.237 e. The molecule has 29 heavy (non-hydrogen) atoms. The number of rotatable bonds is 6. The lowest BCUT2D eigenvalue weighted by molar-refractivity contribution is -0.115. The number of benzene rings is 2. The average molecular weight is 404 g/mol. The Balaban J connectivity index is 1.40. The van der Waals surface area contributed by atoms with Crippen LogP contribution in [0.2, 0.25) is 0 Å². The maximum atomic E-state index is 12.7. The number of aromatic nitrogens is 4. The molecule has 0 atom stereocenters. The zero-order chi connectivity index (χ0) is 19.8. The molecule has 0 unspecified atom stereocenters. The van der Waals surface area contributed by atoms with Gasteiger partial charge in [-0.05, 0) is 31.0 Å². The predicted octanol–water partition coefficient (Wildman–Crippen LogP) is 4.52. The molecule has 2 aromatic heterocycles. The lowest BCUT2D eigenvalue weighted by Crippen LogP contribution is -2.27. The maximum absolute atomic E-state index is 12.7. The number of hydrogen-bond acceptors (Lipinski definition) is 4. The molecule has 1 amide bonds. The van der Waals surface area contributed by atoms with Crippen LogP contribution in [0.15, 0.2) is 66.0 Å². The molecular formula is C22H21N5OS. The molecule has 2 aromatic carbocycles. The van der Waals surface area contributed by atoms with Crippen LogP contribution in [0.3, 0.4) is 0 Å². The number of aromatic amines is 1. The van der Waals surface area contributed by atoms with Crippen LogP contribution >= 0.6 is 11.8 Å². The topological polar surface area (TPSA) is 66.8 Å². The second kappa shape index (κ2) is 7.40. The minimum absolute atomic E-state index is 0.0418. The van der Waals surface area contributed by atoms with Crippen molar-refractivity contribution in [3.05, 3.63) is 60.8 Å². The number of hydrogen-bond donors (Lipinski definition) is 1. The van der Waals surface area contributed by atoms with Gasteiger partial charge in [0.15, 0.2) is 11.0 Å². The van der Waals surface area contributed by atoms with E-state index in [1.165, 1.54) is 11.8 Å². The number of para-hydroxylation sites is 2. The Hall–Kier alpha value is -3.06. The molecule has 5 rings (SSSR count). The van der Waals surface area contributed by atoms with Gasteiger partial charge in [-0.2, -0.15) is 0 Å². The zero-order valence-corrected chi connectivity index (χ0v) is 16.9. The number of carbonyl (C=O) groups is 1. The summed E-state index contributed by atoms with van der Waals surface area (Å²) in [5, 5.41) is 10.9. The number of nitrogens with one attached hydrogen (secondary N) is 1. The van der Waals surface area contributed by atoms with Crippen LogP contribution in [0.4, 0.5) is 5.69 Å². The fraction of sp³-hybridized carbons (Fsp3) is 0.227. The van der Waals surface area contributed by atoms with Crippen molar-refractivity contribution >= 4 is 34.3 Å². The van der Waals surface area contributed by atoms with Gasteiger partial charge in [0.2, 0.25) is 5.91 Å². The molecule has 6 nitrogen and oxygen atoms in total. The van der Waals surface area contributed by atoms with Crippen molar-refractivity contribution in [2.75, 3.05) is 17.7 Å². The van der Waals surface area contributed by atoms with Crippen molar-refractivity contribution in [2.24, 2.45) is 0 Å². The fourth-order valence-corrected chi connectivity index (χ4v) is 4.42. The van der Waals surface area contributed by atoms with Gasteiger partial charge in [0.05, 0.1) is 5.75 Å². The van der Waals surface area contributed by atoms with Crippen LogP contribution in [0.5, 0.6) is 0 Å². The molecule has 2 heterocycles. The van der Waals surface area contributed by atoms with Crippen LogP contribution in [0.1, 0.15) is 18.9 Å². The molecule has 146 valence electrons. The highest BCUT2D eigenvalue weighted by Crippen LogP contribution is 2.42. The first-order valence-corrected chi connectivity index (χ1v) is 10.7. The molecule has 1 aliphatic rings. The van der Waals surface area contributed by atoms with Crippen molar-refractivity contribution in [1.29, 1.82) is 0 Å². The van der Waals surface area contributed by atoms with Crippen LogP contribution in [0.25, 0.3) is 22.3 Å². The third-order valence-electron chi connectivity index (χ3n) is 5.25. The summed E-state index contributed by atoms with van der Waals surface area (Å²) in [6.45, 7) is 0. The Morgan fingerprint density at radius 2 is 1.90 bits per heavy atom. The predicted molar refractivity (Wildman–Crippen MR) is 116 cm³/mol. The molecule has 1 saturated carbocycles. The lowest BCUT2D eigenvalue weighted by Gasteiger charge is -2.17. The summed E-state index contributed by atoms with van der Waals surface area (Å²) in [7, 11) is 1.81. The van der Waals surface area contributed by atoms with E-state index in [2.05, 4.69) is 31.9 Å². The van der Waals surface area contributed by atoms with E-state index in [1.807, 2.05) is 48.7 Å². The molecule has 0 radical (unpaired) electrons. The Bertz CT molecular complexity index is 1160. The van der Waals surface area contributed by atoms with Crippen molar-refractivity contribution in [3.8, 4) is 11.4 Å². The molecule has 1 aliphatic carbocycles. The molecule has 7 heteroatoms. The van der Waals surface area contributed by atoms with Gasteiger partial charge < -0.3 is 9.88 Å². The highest BCUT2D eigenvalue weighted by atomic mass is 32.2. The monoisotopic (exact) mass is 403 g/mol. The Kier molecular flexibility index (Phi) is 4.60. The van der Waals surface area contributed by atoms with Crippen molar-refractivity contribution < 1.29 is 4.79 Å². The number of carbonyl (C=O) groups excluding carboxylic acids is 1. The normalized spacial score (nSPS) is 13.7. The van der Waals surface area contributed by atoms with Gasteiger partial charge in [0, 0.05) is 41.4 Å². The summed E-state index contributed by atoms with van der Waals surface area (Å²) in [6, 6.07) is 18.3. The number of thioether (sulfide) groups is 1. The molecule has 0 saturated heterocycles. The standard InChI is InChI=1S/C22H21N5OS/c1-26(15-7-3-2-4-8-15)20(28)14-29-22-25-24-21(27(22)16-11-12-16)18-13-23-19-10-6-5-9-17(18)19/h2-10,13,16,23H,11-12,14H2,1H3. The van der Waals surface area contributed by atoms with E-state index >= 15 is 0 Å². The summed E-state index contributed by atoms with van der Waals surface area (Å²) in [6.07, 6.45) is 4.24. The van der Waals surface area contributed by atoms with Gasteiger partial charge in [-0.15, -0.1) is 10.2 Å². The number of nitrogens with zero attached hydrogens (tertiary/aromatic N) is 4. The summed E-state index contributed by atoms with van der Waals surface area (Å²) >= 11 is 1.46. The van der Waals surface area contributed by atoms with E-state index in [4.69, 9.17) is 0 Å². The van der Waals surface area contributed by atoms with E-state index < -0.39 is 0 Å². The van der Waals surface area contributed by atoms with Crippen molar-refractivity contribution in [3.63, 3.8) is 0 Å². The highest BCUT2D eigenvalue weighted by Gasteiger charge is 2.31. The molecule has 0 spiro atoms. The van der Waals surface area contributed by atoms with Crippen LogP contribution in [-0.2, 0) is 4.79 Å². The van der Waals surface area contributed by atoms with Crippen molar-refractivity contribution in [1.82, 2.24) is 19.7 Å². The third-order valence-corrected chi connectivity index (χ3v) is 6.18. The molecule has 1 N–H and O–H groups in total. The molecule has 1 fully saturated rings. The first-order chi connectivity index (χ1) is 14.2. The van der Waals surface area contributed by atoms with E-state index in [0.29, 0.717) is 11.8 Å². The molecule has 0 bridgehead atoms. The molecule has 4 aromatic rings. The van der Waals surface area contributed by atoms with E-state index in [1.54, 1.807) is 11.9 Å². The first kappa shape index (κ1) is 18.0. The van der Waals surface area contributed by atoms with Crippen LogP contribution in [0, 0.1) is 0 Å². The summed E-state index contributed by atoms with van der Waals surface area (Å²) < 4.78 is 2.20. The zero-order valence-electron chi connectivity index (χ0n) is 16.1. The Morgan fingerprint density at radius 1 is 1.14 bits per heavy atom. The second-order valence-electron chi connectivity index (χ2n) is 7.23. The lowest BCUT2D eigenvalue weighted by atomic mass is 10.1. The van der Waals surface area contributed by atoms with Gasteiger partial charge in [-0.25, -0.2) is 0 Å². The van der Waals surface area contributed by atoms with E-state index in [0.717, 1.165) is 46.0 Å². The third kappa shape index (κ3) is 3.42. The van der Waals surface area contributed by atoms with Crippen LogP contribution in [-0.4, -0.2) is 38.5 Å². The van der Waals surface area contributed by atoms with Crippen LogP contribution < -0.4 is 4.90 Å². The minimum atomic E-state index is 0.0418. The summed E-state index contributed by atoms with van der Waals surface area (Å²) in [5.74, 6) is 1.24. The van der Waals surface area contributed by atoms with Gasteiger partial charge in [-0.1, -0.05) is 48.2 Å². The van der Waals surface area contributed by atoms with Gasteiger partial charge in [-0.3, -0.25) is 9.36 Å². The highest BCUT2D eigenvalue weighted by molar-refractivity contribution is 7.99. The van der Waals surface area contributed by atoms with Gasteiger partial charge >= 0.3 is 0 Å². The quantitative estimate of drug-likeness (QED) is 0.481. The van der Waals surface area contributed by atoms with Gasteiger partial charge in [0.1, 0.15) is 0 Å².